The van der Waals surface area contributed by atoms with Crippen molar-refractivity contribution in [2.24, 2.45) is 0 Å². The summed E-state index contributed by atoms with van der Waals surface area (Å²) >= 11 is 1.57. The maximum atomic E-state index is 14.1. The molecule has 36 heavy (non-hydrogen) atoms. The smallest absolute Gasteiger partial charge is 0.254 e. The average molecular weight is 505 g/mol. The second-order valence-electron chi connectivity index (χ2n) is 9.31. The zero-order valence-corrected chi connectivity index (χ0v) is 21.5. The van der Waals surface area contributed by atoms with Crippen LogP contribution < -0.4 is 10.2 Å². The number of methoxy groups -OCH3 is 1. The largest absolute Gasteiger partial charge is 0.383 e. The van der Waals surface area contributed by atoms with Gasteiger partial charge in [-0.05, 0) is 42.3 Å². The van der Waals surface area contributed by atoms with E-state index in [1.54, 1.807) is 23.3 Å². The van der Waals surface area contributed by atoms with Crippen molar-refractivity contribution >= 4 is 34.5 Å². The van der Waals surface area contributed by atoms with Crippen LogP contribution in [-0.4, -0.2) is 75.1 Å². The molecule has 0 aliphatic carbocycles. The van der Waals surface area contributed by atoms with Crippen LogP contribution in [0.25, 0.3) is 0 Å². The molecule has 0 spiro atoms. The number of rotatable bonds is 7. The van der Waals surface area contributed by atoms with E-state index < -0.39 is 12.0 Å². The van der Waals surface area contributed by atoms with Gasteiger partial charge in [0.15, 0.2) is 0 Å². The summed E-state index contributed by atoms with van der Waals surface area (Å²) in [7, 11) is 3.76. The Labute approximate surface area is 216 Å². The predicted octanol–water partition coefficient (Wildman–Crippen LogP) is 4.07. The molecule has 1 N–H and O–H groups in total. The summed E-state index contributed by atoms with van der Waals surface area (Å²) in [6.45, 7) is 4.59. The van der Waals surface area contributed by atoms with Gasteiger partial charge in [0, 0.05) is 50.3 Å². The number of carbonyl (C=O) groups is 2. The van der Waals surface area contributed by atoms with Crippen molar-refractivity contribution in [2.75, 3.05) is 63.7 Å². The van der Waals surface area contributed by atoms with Crippen LogP contribution in [0.1, 0.15) is 32.8 Å². The fourth-order valence-corrected chi connectivity index (χ4v) is 6.07. The van der Waals surface area contributed by atoms with E-state index in [-0.39, 0.29) is 11.8 Å². The van der Waals surface area contributed by atoms with E-state index >= 15 is 0 Å². The number of nitrogens with zero attached hydrogens (tertiary/aromatic N) is 3. The van der Waals surface area contributed by atoms with E-state index in [4.69, 9.17) is 4.74 Å². The lowest BCUT2D eigenvalue weighted by atomic mass is 9.81. The number of nitrogens with one attached hydrogen (secondary N) is 1. The van der Waals surface area contributed by atoms with Crippen LogP contribution in [0, 0.1) is 0 Å². The molecule has 2 aromatic carbocycles. The van der Waals surface area contributed by atoms with Crippen molar-refractivity contribution in [2.45, 2.75) is 12.0 Å². The minimum atomic E-state index is -0.546. The van der Waals surface area contributed by atoms with Crippen molar-refractivity contribution in [1.82, 2.24) is 9.80 Å². The number of piperazine rings is 1. The van der Waals surface area contributed by atoms with Gasteiger partial charge in [-0.25, -0.2) is 0 Å². The Bertz CT molecular complexity index is 1210. The molecule has 3 aromatic rings. The molecule has 2 atom stereocenters. The zero-order chi connectivity index (χ0) is 25.1. The normalized spacial score (nSPS) is 20.3. The molecule has 2 amide bonds. The molecule has 7 nitrogen and oxygen atoms in total. The van der Waals surface area contributed by atoms with Crippen molar-refractivity contribution in [3.8, 4) is 0 Å². The first-order valence-electron chi connectivity index (χ1n) is 12.3. The lowest BCUT2D eigenvalue weighted by molar-refractivity contribution is -0.119. The lowest BCUT2D eigenvalue weighted by Gasteiger charge is -2.41. The number of benzene rings is 2. The molecule has 1 aromatic heterocycles. The van der Waals surface area contributed by atoms with Crippen LogP contribution in [-0.2, 0) is 9.53 Å². The minimum absolute atomic E-state index is 0.0667. The lowest BCUT2D eigenvalue weighted by Crippen LogP contribution is -2.47. The fourth-order valence-electron chi connectivity index (χ4n) is 5.20. The molecule has 1 fully saturated rings. The topological polar surface area (TPSA) is 65.1 Å². The number of likely N-dealkylation sites (N-methyl/N-ethyl adjacent to an activating group) is 1. The monoisotopic (exact) mass is 504 g/mol. The molecule has 188 valence electrons. The summed E-state index contributed by atoms with van der Waals surface area (Å²) in [5.74, 6) is -0.727. The van der Waals surface area contributed by atoms with Gasteiger partial charge in [-0.3, -0.25) is 9.59 Å². The Hall–Kier alpha value is -3.20. The number of hydrogen-bond donors (Lipinski definition) is 1. The summed E-state index contributed by atoms with van der Waals surface area (Å²) < 4.78 is 5.33. The third-order valence-electron chi connectivity index (χ3n) is 7.10. The van der Waals surface area contributed by atoms with Crippen LogP contribution in [0.4, 0.5) is 11.4 Å². The minimum Gasteiger partial charge on any atom is -0.383 e. The first-order chi connectivity index (χ1) is 17.6. The molecular formula is C28H32N4O3S. The van der Waals surface area contributed by atoms with Gasteiger partial charge in [0.1, 0.15) is 0 Å². The average Bonchev–Trinajstić information content (AvgIpc) is 3.43. The predicted molar refractivity (Wildman–Crippen MR) is 144 cm³/mol. The van der Waals surface area contributed by atoms with E-state index in [2.05, 4.69) is 28.2 Å². The summed E-state index contributed by atoms with van der Waals surface area (Å²) in [6, 6.07) is 19.1. The number of amides is 2. The number of thiophene rings is 1. The Morgan fingerprint density at radius 1 is 1.03 bits per heavy atom. The molecule has 0 bridgehead atoms. The molecule has 2 aliphatic rings. The van der Waals surface area contributed by atoms with Crippen molar-refractivity contribution in [3.63, 3.8) is 0 Å². The van der Waals surface area contributed by atoms with E-state index in [1.165, 1.54) is 0 Å². The first-order valence-corrected chi connectivity index (χ1v) is 13.2. The van der Waals surface area contributed by atoms with Gasteiger partial charge in [-0.2, -0.15) is 0 Å². The van der Waals surface area contributed by atoms with Gasteiger partial charge in [-0.1, -0.05) is 36.4 Å². The molecule has 2 aliphatic heterocycles. The summed E-state index contributed by atoms with van der Waals surface area (Å²) in [4.78, 5) is 35.2. The number of hydrogen-bond acceptors (Lipinski definition) is 6. The van der Waals surface area contributed by atoms with E-state index in [1.807, 2.05) is 60.0 Å². The van der Waals surface area contributed by atoms with Gasteiger partial charge < -0.3 is 24.8 Å². The fraction of sp³-hybridized carbons (Fsp3) is 0.357. The van der Waals surface area contributed by atoms with Gasteiger partial charge in [0.05, 0.1) is 29.9 Å². The third-order valence-corrected chi connectivity index (χ3v) is 8.04. The highest BCUT2D eigenvalue weighted by molar-refractivity contribution is 7.10. The summed E-state index contributed by atoms with van der Waals surface area (Å²) in [5.41, 5.74) is 3.18. The highest BCUT2D eigenvalue weighted by atomic mass is 32.1. The Kier molecular flexibility index (Phi) is 7.36. The van der Waals surface area contributed by atoms with Gasteiger partial charge in [0.2, 0.25) is 5.91 Å². The second-order valence-corrected chi connectivity index (χ2v) is 10.3. The SMILES string of the molecule is COCCN1C(=O)c2ccccc2[C@H](C(=O)Nc2ccccc2N2CCN(C)CC2)[C@@H]1c1cccs1. The van der Waals surface area contributed by atoms with E-state index in [0.29, 0.717) is 18.7 Å². The van der Waals surface area contributed by atoms with Gasteiger partial charge in [0.25, 0.3) is 5.91 Å². The van der Waals surface area contributed by atoms with Crippen LogP contribution in [0.15, 0.2) is 66.0 Å². The van der Waals surface area contributed by atoms with Crippen LogP contribution in [0.5, 0.6) is 0 Å². The quantitative estimate of drug-likeness (QED) is 0.526. The van der Waals surface area contributed by atoms with Crippen LogP contribution >= 0.6 is 11.3 Å². The first kappa shape index (κ1) is 24.5. The zero-order valence-electron chi connectivity index (χ0n) is 20.7. The Morgan fingerprint density at radius 2 is 1.78 bits per heavy atom. The van der Waals surface area contributed by atoms with E-state index in [9.17, 15) is 9.59 Å². The highest BCUT2D eigenvalue weighted by Crippen LogP contribution is 2.45. The molecular weight excluding hydrogens is 472 g/mol. The van der Waals surface area contributed by atoms with Gasteiger partial charge >= 0.3 is 0 Å². The maximum Gasteiger partial charge on any atom is 0.254 e. The number of anilines is 2. The summed E-state index contributed by atoms with van der Waals surface area (Å²) in [6.07, 6.45) is 0. The number of ether oxygens (including phenoxy) is 1. The number of para-hydroxylation sites is 2. The standard InChI is InChI=1S/C28H32N4O3S/c1-30-13-15-31(16-14-30)23-11-6-5-10-22(23)29-27(33)25-20-8-3-4-9-21(20)28(34)32(17-18-35-2)26(25)24-12-7-19-36-24/h3-12,19,25-26H,13-18H2,1-2H3,(H,29,33)/t25-,26-/m0/s1. The van der Waals surface area contributed by atoms with Gasteiger partial charge in [-0.15, -0.1) is 11.3 Å². The van der Waals surface area contributed by atoms with Crippen LogP contribution in [0.2, 0.25) is 0 Å². The molecule has 5 rings (SSSR count). The number of fused-ring (bicyclic) bond motifs is 1. The molecule has 0 unspecified atom stereocenters. The second kappa shape index (κ2) is 10.8. The Morgan fingerprint density at radius 3 is 2.53 bits per heavy atom. The third kappa shape index (κ3) is 4.76. The maximum absolute atomic E-state index is 14.1. The van der Waals surface area contributed by atoms with Crippen molar-refractivity contribution in [3.05, 3.63) is 82.0 Å². The van der Waals surface area contributed by atoms with E-state index in [0.717, 1.165) is 48.0 Å². The molecule has 3 heterocycles. The molecule has 1 saturated heterocycles. The molecule has 8 heteroatoms. The van der Waals surface area contributed by atoms with Crippen LogP contribution in [0.3, 0.4) is 0 Å². The Balaban J connectivity index is 1.52. The van der Waals surface area contributed by atoms with Crippen molar-refractivity contribution < 1.29 is 14.3 Å². The molecule has 0 saturated carbocycles. The van der Waals surface area contributed by atoms with Crippen molar-refractivity contribution in [1.29, 1.82) is 0 Å². The molecule has 0 radical (unpaired) electrons. The highest BCUT2D eigenvalue weighted by Gasteiger charge is 2.44. The summed E-state index contributed by atoms with van der Waals surface area (Å²) in [5, 5.41) is 5.25. The number of carbonyl (C=O) groups excluding carboxylic acids is 2.